The quantitative estimate of drug-likeness (QED) is 0.712. The highest BCUT2D eigenvalue weighted by atomic mass is 32.3. The molecule has 0 radical (unpaired) electrons. The van der Waals surface area contributed by atoms with Crippen LogP contribution >= 0.6 is 10.0 Å². The zero-order valence-corrected chi connectivity index (χ0v) is 9.69. The van der Waals surface area contributed by atoms with Crippen molar-refractivity contribution < 1.29 is 0 Å². The summed E-state index contributed by atoms with van der Waals surface area (Å²) in [6, 6.07) is 5.77. The van der Waals surface area contributed by atoms with Crippen LogP contribution in [-0.2, 0) is 0 Å². The summed E-state index contributed by atoms with van der Waals surface area (Å²) in [6.07, 6.45) is 0. The minimum Gasteiger partial charge on any atom is -0.198 e. The molecule has 0 aliphatic rings. The lowest BCUT2D eigenvalue weighted by molar-refractivity contribution is 1.10. The van der Waals surface area contributed by atoms with Crippen LogP contribution in [0.15, 0.2) is 0 Å². The van der Waals surface area contributed by atoms with Crippen LogP contribution in [-0.4, -0.2) is 22.0 Å². The van der Waals surface area contributed by atoms with Gasteiger partial charge in [-0.15, -0.1) is 0 Å². The number of rotatable bonds is 4. The van der Waals surface area contributed by atoms with Crippen molar-refractivity contribution in [2.24, 2.45) is 0 Å². The van der Waals surface area contributed by atoms with Crippen molar-refractivity contribution >= 4 is 10.0 Å². The van der Waals surface area contributed by atoms with E-state index in [0.717, 1.165) is 17.3 Å². The van der Waals surface area contributed by atoms with Gasteiger partial charge in [0.25, 0.3) is 4.75 Å². The van der Waals surface area contributed by atoms with E-state index in [0.29, 0.717) is 0 Å². The molecule has 14 heavy (non-hydrogen) atoms. The molecule has 0 aromatic rings. The van der Waals surface area contributed by atoms with Gasteiger partial charge in [-0.25, -0.2) is 0 Å². The molecule has 0 unspecified atom stereocenters. The van der Waals surface area contributed by atoms with E-state index in [2.05, 4.69) is 0 Å². The normalized spacial score (nSPS) is 12.3. The molecule has 0 heterocycles. The fraction of sp³-hybridized carbons (Fsp3) is 0.700. The third-order valence-electron chi connectivity index (χ3n) is 2.78. The second-order valence-electron chi connectivity index (χ2n) is 2.93. The number of hydrogen-bond donors (Lipinski definition) is 0. The Morgan fingerprint density at radius 3 is 1.21 bits per heavy atom. The van der Waals surface area contributed by atoms with Crippen molar-refractivity contribution in [1.82, 2.24) is 0 Å². The van der Waals surface area contributed by atoms with Crippen molar-refractivity contribution in [2.45, 2.75) is 25.5 Å². The summed E-state index contributed by atoms with van der Waals surface area (Å²) in [6.45, 7) is 5.88. The topological polar surface area (TPSA) is 71.4 Å². The molecule has 0 aromatic heterocycles. The lowest BCUT2D eigenvalue weighted by atomic mass is 10.2. The van der Waals surface area contributed by atoms with Crippen LogP contribution in [0.25, 0.3) is 0 Å². The van der Waals surface area contributed by atoms with Crippen LogP contribution < -0.4 is 0 Å². The largest absolute Gasteiger partial charge is 0.259 e. The van der Waals surface area contributed by atoms with Crippen LogP contribution in [0.1, 0.15) is 20.8 Å². The fourth-order valence-electron chi connectivity index (χ4n) is 1.63. The van der Waals surface area contributed by atoms with Gasteiger partial charge < -0.3 is 0 Å². The smallest absolute Gasteiger partial charge is 0.198 e. The maximum absolute atomic E-state index is 9.03. The third kappa shape index (κ3) is 1.57. The summed E-state index contributed by atoms with van der Waals surface area (Å²) < 4.78 is -1.41. The van der Waals surface area contributed by atoms with Gasteiger partial charge in [0, 0.05) is 0 Å². The van der Waals surface area contributed by atoms with Crippen molar-refractivity contribution in [3.8, 4) is 18.2 Å². The molecule has 0 aliphatic heterocycles. The van der Waals surface area contributed by atoms with Gasteiger partial charge in [0.05, 0.1) is 0 Å². The number of hydrogen-bond acceptors (Lipinski definition) is 3. The van der Waals surface area contributed by atoms with Crippen LogP contribution in [0.3, 0.4) is 0 Å². The van der Waals surface area contributed by atoms with Gasteiger partial charge in [-0.1, -0.05) is 20.8 Å². The van der Waals surface area contributed by atoms with Crippen molar-refractivity contribution in [3.05, 3.63) is 0 Å². The molecule has 0 aromatic carbocycles. The predicted octanol–water partition coefficient (Wildman–Crippen LogP) is 2.16. The summed E-state index contributed by atoms with van der Waals surface area (Å²) in [5, 5.41) is 27.1. The van der Waals surface area contributed by atoms with E-state index in [1.807, 2.05) is 39.0 Å². The second kappa shape index (κ2) is 4.89. The minimum atomic E-state index is -1.45. The molecule has 0 N–H and O–H groups in total. The van der Waals surface area contributed by atoms with E-state index in [9.17, 15) is 0 Å². The van der Waals surface area contributed by atoms with E-state index in [4.69, 9.17) is 15.8 Å². The average Bonchev–Trinajstić information content (AvgIpc) is 2.27. The van der Waals surface area contributed by atoms with Gasteiger partial charge in [-0.3, -0.25) is 0 Å². The SMILES string of the molecule is CCS(CC)(CC)C(C#N)(C#N)C#N. The summed E-state index contributed by atoms with van der Waals surface area (Å²) in [5.74, 6) is 2.28. The highest BCUT2D eigenvalue weighted by Gasteiger charge is 2.45. The highest BCUT2D eigenvalue weighted by molar-refractivity contribution is 8.35. The molecule has 0 aliphatic carbocycles. The van der Waals surface area contributed by atoms with Crippen LogP contribution in [0, 0.1) is 34.0 Å². The second-order valence-corrected chi connectivity index (χ2v) is 7.36. The molecule has 0 atom stereocenters. The average molecular weight is 209 g/mol. The Kier molecular flexibility index (Phi) is 4.48. The van der Waals surface area contributed by atoms with E-state index >= 15 is 0 Å². The van der Waals surface area contributed by atoms with Gasteiger partial charge in [0.2, 0.25) is 0 Å². The first-order chi connectivity index (χ1) is 6.61. The first-order valence-electron chi connectivity index (χ1n) is 4.61. The lowest BCUT2D eigenvalue weighted by Crippen LogP contribution is -2.35. The lowest BCUT2D eigenvalue weighted by Gasteiger charge is -2.42. The highest BCUT2D eigenvalue weighted by Crippen LogP contribution is 2.57. The zero-order valence-electron chi connectivity index (χ0n) is 8.87. The van der Waals surface area contributed by atoms with E-state index in [1.165, 1.54) is 0 Å². The molecule has 0 saturated heterocycles. The van der Waals surface area contributed by atoms with E-state index < -0.39 is 14.8 Å². The molecule has 0 amide bonds. The molecule has 76 valence electrons. The Balaban J connectivity index is 5.52. The molecule has 3 nitrogen and oxygen atoms in total. The molecule has 0 fully saturated rings. The van der Waals surface area contributed by atoms with E-state index in [1.54, 1.807) is 0 Å². The third-order valence-corrected chi connectivity index (χ3v) is 7.67. The Morgan fingerprint density at radius 2 is 1.14 bits per heavy atom. The zero-order chi connectivity index (χ0) is 11.2. The molecule has 0 spiro atoms. The molecule has 4 heteroatoms. The Labute approximate surface area is 87.3 Å². The minimum absolute atomic E-state index is 0.759. The summed E-state index contributed by atoms with van der Waals surface area (Å²) in [4.78, 5) is 0. The Bertz CT molecular complexity index is 267. The maximum atomic E-state index is 9.03. The molecule has 0 rings (SSSR count). The molecule has 0 saturated carbocycles. The van der Waals surface area contributed by atoms with Gasteiger partial charge in [-0.05, 0) is 17.3 Å². The van der Waals surface area contributed by atoms with E-state index in [-0.39, 0.29) is 0 Å². The first-order valence-corrected chi connectivity index (χ1v) is 6.75. The predicted molar refractivity (Wildman–Crippen MR) is 58.8 cm³/mol. The summed E-state index contributed by atoms with van der Waals surface area (Å²) in [7, 11) is -1.45. The monoisotopic (exact) mass is 209 g/mol. The van der Waals surface area contributed by atoms with Gasteiger partial charge in [0.15, 0.2) is 0 Å². The summed E-state index contributed by atoms with van der Waals surface area (Å²) >= 11 is 0. The van der Waals surface area contributed by atoms with Gasteiger partial charge in [0.1, 0.15) is 18.2 Å². The summed E-state index contributed by atoms with van der Waals surface area (Å²) in [5.41, 5.74) is 0. The number of nitriles is 3. The van der Waals surface area contributed by atoms with Crippen LogP contribution in [0.5, 0.6) is 0 Å². The van der Waals surface area contributed by atoms with Crippen LogP contribution in [0.4, 0.5) is 0 Å². The van der Waals surface area contributed by atoms with Crippen molar-refractivity contribution in [3.63, 3.8) is 0 Å². The number of nitrogens with zero attached hydrogens (tertiary/aromatic N) is 3. The Hall–Kier alpha value is -1.18. The Morgan fingerprint density at radius 1 is 0.857 bits per heavy atom. The maximum Gasteiger partial charge on any atom is 0.259 e. The standard InChI is InChI=1S/C10H15N3S/c1-4-14(5-2,6-3)10(7-11,8-12)9-13/h4-6H2,1-3H3. The van der Waals surface area contributed by atoms with Crippen LogP contribution in [0.2, 0.25) is 0 Å². The molecular formula is C10H15N3S. The molecule has 0 bridgehead atoms. The van der Waals surface area contributed by atoms with Gasteiger partial charge >= 0.3 is 0 Å². The molecular weight excluding hydrogens is 194 g/mol. The van der Waals surface area contributed by atoms with Crippen molar-refractivity contribution in [1.29, 1.82) is 15.8 Å². The fourth-order valence-corrected chi connectivity index (χ4v) is 4.73. The first kappa shape index (κ1) is 12.8. The van der Waals surface area contributed by atoms with Crippen molar-refractivity contribution in [2.75, 3.05) is 17.3 Å². The van der Waals surface area contributed by atoms with Gasteiger partial charge in [-0.2, -0.15) is 25.8 Å².